The van der Waals surface area contributed by atoms with E-state index in [1.165, 1.54) is 5.56 Å². The van der Waals surface area contributed by atoms with E-state index < -0.39 is 0 Å². The lowest BCUT2D eigenvalue weighted by Crippen LogP contribution is -2.35. The Kier molecular flexibility index (Phi) is 5.16. The second-order valence-corrected chi connectivity index (χ2v) is 4.37. The maximum Gasteiger partial charge on any atom is 0.227 e. The van der Waals surface area contributed by atoms with Crippen LogP contribution in [-0.4, -0.2) is 19.0 Å². The van der Waals surface area contributed by atoms with E-state index in [0.29, 0.717) is 19.5 Å². The molecule has 1 rings (SSSR count). The van der Waals surface area contributed by atoms with Crippen molar-refractivity contribution in [1.82, 2.24) is 0 Å². The summed E-state index contributed by atoms with van der Waals surface area (Å²) in [6, 6.07) is 6.14. The molecule has 94 valence electrons. The first-order valence-corrected chi connectivity index (χ1v) is 6.17. The Balaban J connectivity index is 3.00. The molecule has 1 amide bonds. The van der Waals surface area contributed by atoms with Crippen LogP contribution < -0.4 is 10.6 Å². The SMILES string of the molecule is CCCC(=O)N(CCN)c1ccc(C)cc1C. The number of carbonyl (C=O) groups excluding carboxylic acids is 1. The molecule has 0 saturated carbocycles. The van der Waals surface area contributed by atoms with Crippen molar-refractivity contribution in [3.63, 3.8) is 0 Å². The van der Waals surface area contributed by atoms with E-state index in [2.05, 4.69) is 13.0 Å². The van der Waals surface area contributed by atoms with Gasteiger partial charge in [0.15, 0.2) is 0 Å². The fraction of sp³-hybridized carbons (Fsp3) is 0.500. The van der Waals surface area contributed by atoms with Gasteiger partial charge in [0.05, 0.1) is 0 Å². The Morgan fingerprint density at radius 3 is 2.59 bits per heavy atom. The summed E-state index contributed by atoms with van der Waals surface area (Å²) in [4.78, 5) is 13.8. The van der Waals surface area contributed by atoms with Crippen molar-refractivity contribution in [3.05, 3.63) is 29.3 Å². The molecule has 0 bridgehead atoms. The van der Waals surface area contributed by atoms with Crippen LogP contribution in [0.2, 0.25) is 0 Å². The van der Waals surface area contributed by atoms with Crippen LogP contribution in [0.3, 0.4) is 0 Å². The first kappa shape index (κ1) is 13.7. The number of nitrogens with zero attached hydrogens (tertiary/aromatic N) is 1. The van der Waals surface area contributed by atoms with Crippen LogP contribution in [0.15, 0.2) is 18.2 Å². The topological polar surface area (TPSA) is 46.3 Å². The van der Waals surface area contributed by atoms with Gasteiger partial charge in [-0.05, 0) is 31.9 Å². The Bertz CT molecular complexity index is 388. The molecular formula is C14H22N2O. The zero-order valence-corrected chi connectivity index (χ0v) is 11.0. The molecule has 0 aliphatic rings. The van der Waals surface area contributed by atoms with Gasteiger partial charge in [-0.3, -0.25) is 4.79 Å². The predicted molar refractivity (Wildman–Crippen MR) is 72.2 cm³/mol. The fourth-order valence-corrected chi connectivity index (χ4v) is 1.97. The molecule has 0 saturated heterocycles. The van der Waals surface area contributed by atoms with Crippen LogP contribution in [0.1, 0.15) is 30.9 Å². The molecule has 0 spiro atoms. The van der Waals surface area contributed by atoms with Gasteiger partial charge in [0, 0.05) is 25.2 Å². The first-order valence-electron chi connectivity index (χ1n) is 6.17. The van der Waals surface area contributed by atoms with Gasteiger partial charge in [0.25, 0.3) is 0 Å². The first-order chi connectivity index (χ1) is 8.10. The zero-order valence-electron chi connectivity index (χ0n) is 11.0. The largest absolute Gasteiger partial charge is 0.329 e. The van der Waals surface area contributed by atoms with Crippen LogP contribution in [0, 0.1) is 13.8 Å². The lowest BCUT2D eigenvalue weighted by atomic mass is 10.1. The van der Waals surface area contributed by atoms with Crippen molar-refractivity contribution in [2.45, 2.75) is 33.6 Å². The van der Waals surface area contributed by atoms with E-state index in [1.807, 2.05) is 26.0 Å². The van der Waals surface area contributed by atoms with Crippen molar-refractivity contribution >= 4 is 11.6 Å². The van der Waals surface area contributed by atoms with Gasteiger partial charge in [0.2, 0.25) is 5.91 Å². The number of benzene rings is 1. The maximum absolute atomic E-state index is 12.0. The summed E-state index contributed by atoms with van der Waals surface area (Å²) < 4.78 is 0. The van der Waals surface area contributed by atoms with Gasteiger partial charge in [0.1, 0.15) is 0 Å². The quantitative estimate of drug-likeness (QED) is 0.850. The van der Waals surface area contributed by atoms with E-state index in [0.717, 1.165) is 17.7 Å². The molecule has 0 aromatic heterocycles. The molecule has 3 nitrogen and oxygen atoms in total. The van der Waals surface area contributed by atoms with Crippen LogP contribution in [-0.2, 0) is 4.79 Å². The Morgan fingerprint density at radius 2 is 2.06 bits per heavy atom. The monoisotopic (exact) mass is 234 g/mol. The number of anilines is 1. The fourth-order valence-electron chi connectivity index (χ4n) is 1.97. The number of rotatable bonds is 5. The minimum absolute atomic E-state index is 0.157. The van der Waals surface area contributed by atoms with Crippen molar-refractivity contribution in [2.24, 2.45) is 5.73 Å². The number of amides is 1. The highest BCUT2D eigenvalue weighted by molar-refractivity contribution is 5.94. The molecule has 0 fully saturated rings. The molecule has 0 aliphatic carbocycles. The lowest BCUT2D eigenvalue weighted by molar-refractivity contribution is -0.118. The smallest absolute Gasteiger partial charge is 0.227 e. The average molecular weight is 234 g/mol. The van der Waals surface area contributed by atoms with Crippen LogP contribution in [0.25, 0.3) is 0 Å². The molecule has 1 aromatic carbocycles. The van der Waals surface area contributed by atoms with Gasteiger partial charge < -0.3 is 10.6 Å². The van der Waals surface area contributed by atoms with Crippen LogP contribution >= 0.6 is 0 Å². The van der Waals surface area contributed by atoms with Crippen LogP contribution in [0.5, 0.6) is 0 Å². The molecular weight excluding hydrogens is 212 g/mol. The Hall–Kier alpha value is -1.35. The highest BCUT2D eigenvalue weighted by Crippen LogP contribution is 2.21. The maximum atomic E-state index is 12.0. The van der Waals surface area contributed by atoms with E-state index in [9.17, 15) is 4.79 Å². The Morgan fingerprint density at radius 1 is 1.35 bits per heavy atom. The standard InChI is InChI=1S/C14H22N2O/c1-4-5-14(17)16(9-8-15)13-7-6-11(2)10-12(13)3/h6-7,10H,4-5,8-9,15H2,1-3H3. The molecule has 1 aromatic rings. The van der Waals surface area contributed by atoms with E-state index in [1.54, 1.807) is 4.90 Å². The normalized spacial score (nSPS) is 10.4. The molecule has 0 aliphatic heterocycles. The zero-order chi connectivity index (χ0) is 12.8. The number of nitrogens with two attached hydrogens (primary N) is 1. The van der Waals surface area contributed by atoms with E-state index >= 15 is 0 Å². The summed E-state index contributed by atoms with van der Waals surface area (Å²) in [5, 5.41) is 0. The average Bonchev–Trinajstić information content (AvgIpc) is 2.27. The van der Waals surface area contributed by atoms with E-state index in [-0.39, 0.29) is 5.91 Å². The third kappa shape index (κ3) is 3.56. The minimum Gasteiger partial charge on any atom is -0.329 e. The van der Waals surface area contributed by atoms with Crippen molar-refractivity contribution in [2.75, 3.05) is 18.0 Å². The third-order valence-corrected chi connectivity index (χ3v) is 2.76. The molecule has 0 radical (unpaired) electrons. The van der Waals surface area contributed by atoms with Gasteiger partial charge in [-0.15, -0.1) is 0 Å². The molecule has 0 heterocycles. The van der Waals surface area contributed by atoms with E-state index in [4.69, 9.17) is 5.73 Å². The Labute approximate surface area is 104 Å². The van der Waals surface area contributed by atoms with Crippen molar-refractivity contribution in [1.29, 1.82) is 0 Å². The number of hydrogen-bond acceptors (Lipinski definition) is 2. The number of carbonyl (C=O) groups is 1. The van der Waals surface area contributed by atoms with Crippen molar-refractivity contribution in [3.8, 4) is 0 Å². The molecule has 2 N–H and O–H groups in total. The summed E-state index contributed by atoms with van der Waals surface area (Å²) >= 11 is 0. The molecule has 3 heteroatoms. The summed E-state index contributed by atoms with van der Waals surface area (Å²) in [7, 11) is 0. The number of hydrogen-bond donors (Lipinski definition) is 1. The minimum atomic E-state index is 0.157. The van der Waals surface area contributed by atoms with Gasteiger partial charge in [-0.25, -0.2) is 0 Å². The van der Waals surface area contributed by atoms with Gasteiger partial charge in [-0.1, -0.05) is 24.6 Å². The van der Waals surface area contributed by atoms with Crippen LogP contribution in [0.4, 0.5) is 5.69 Å². The second-order valence-electron chi connectivity index (χ2n) is 4.37. The third-order valence-electron chi connectivity index (χ3n) is 2.76. The lowest BCUT2D eigenvalue weighted by Gasteiger charge is -2.24. The van der Waals surface area contributed by atoms with Gasteiger partial charge >= 0.3 is 0 Å². The second kappa shape index (κ2) is 6.40. The van der Waals surface area contributed by atoms with Crippen molar-refractivity contribution < 1.29 is 4.79 Å². The summed E-state index contributed by atoms with van der Waals surface area (Å²) in [6.45, 7) is 7.18. The molecule has 0 unspecified atom stereocenters. The summed E-state index contributed by atoms with van der Waals surface area (Å²) in [5.74, 6) is 0.157. The molecule has 0 atom stereocenters. The highest BCUT2D eigenvalue weighted by atomic mass is 16.2. The number of aryl methyl sites for hydroxylation is 2. The highest BCUT2D eigenvalue weighted by Gasteiger charge is 2.15. The van der Waals surface area contributed by atoms with Gasteiger partial charge in [-0.2, -0.15) is 0 Å². The molecule has 17 heavy (non-hydrogen) atoms. The summed E-state index contributed by atoms with van der Waals surface area (Å²) in [5.41, 5.74) is 8.91. The summed E-state index contributed by atoms with van der Waals surface area (Å²) in [6.07, 6.45) is 1.44. The predicted octanol–water partition coefficient (Wildman–Crippen LogP) is 2.40.